The fourth-order valence-electron chi connectivity index (χ4n) is 21.9. The second kappa shape index (κ2) is 44.1. The first-order chi connectivity index (χ1) is 63.4. The first-order valence-corrected chi connectivity index (χ1v) is 50.3. The van der Waals surface area contributed by atoms with E-state index in [9.17, 15) is 72.2 Å². The third kappa shape index (κ3) is 26.5. The average molecular weight is 1920 g/mol. The van der Waals surface area contributed by atoms with Gasteiger partial charge in [0.05, 0.1) is 68.8 Å². The quantitative estimate of drug-likeness (QED) is 0.0166. The van der Waals surface area contributed by atoms with E-state index in [0.29, 0.717) is 53.3 Å². The minimum absolute atomic E-state index is 0.0146. The van der Waals surface area contributed by atoms with E-state index in [4.69, 9.17) is 14.2 Å². The minimum atomic E-state index is -4.68. The molecule has 1 unspecified atom stereocenters. The van der Waals surface area contributed by atoms with Crippen molar-refractivity contribution >= 4 is 50.6 Å². The van der Waals surface area contributed by atoms with Crippen molar-refractivity contribution in [2.24, 2.45) is 69.5 Å². The van der Waals surface area contributed by atoms with Crippen LogP contribution >= 0.6 is 0 Å². The van der Waals surface area contributed by atoms with Crippen LogP contribution in [-0.4, -0.2) is 105 Å². The van der Waals surface area contributed by atoms with Crippen LogP contribution in [0.25, 0.3) is 0 Å². The molecule has 12 saturated carbocycles. The van der Waals surface area contributed by atoms with E-state index in [-0.39, 0.29) is 65.4 Å². The summed E-state index contributed by atoms with van der Waals surface area (Å²) in [6, 6.07) is 85.8. The lowest BCUT2D eigenvalue weighted by Crippen LogP contribution is -2.51. The Hall–Kier alpha value is -8.56. The number of aryl methyl sites for hydroxylation is 6. The molecule has 12 aliphatic rings. The minimum Gasteiger partial charge on any atom is -0.463 e. The normalized spacial score (nSPS) is 24.2. The van der Waals surface area contributed by atoms with Gasteiger partial charge < -0.3 is 33.5 Å². The van der Waals surface area contributed by atoms with Gasteiger partial charge in [-0.05, 0) is 320 Å². The predicted octanol–water partition coefficient (Wildman–Crippen LogP) is 27.6. The standard InChI is InChI=1S/2C21H21S.C18H15S.C17H24F4O4.2C16H22F4O3/c2*1-16-4-10-19(11-5-16)22(20-12-6-17(2)7-13-20)21-14-8-18(3)9-15-21;1-4-10-16(11-5-1)19(17-12-6-2-7-13-17)18-14-8-3-9-15-18;1-15(18,19)17(20,21)25-9-13(22)8-24-14(23)16-5-10-2-11(6-16)4-12(3-10)7-16;2*1-14(17,18)16(19,20)23-3-2-22-13(21)15-7-10-4-11(8-15)6-12(5-10)9-15/h2*4-15H,1-3H3;1-15H;10-13,22H,2-9H2,1H3;2*10-12H,2-9H2,1H3/q3*+1;;;. The Bertz CT molecular complexity index is 4620. The number of rotatable bonds is 28. The zero-order valence-electron chi connectivity index (χ0n) is 77.6. The largest absolute Gasteiger partial charge is 0.463 e. The van der Waals surface area contributed by atoms with Gasteiger partial charge in [-0.15, -0.1) is 0 Å². The van der Waals surface area contributed by atoms with Crippen LogP contribution in [0.5, 0.6) is 0 Å². The Morgan fingerprint density at radius 3 is 0.649 bits per heavy atom. The zero-order valence-corrected chi connectivity index (χ0v) is 80.1. The number of aliphatic hydroxyl groups is 1. The third-order valence-corrected chi connectivity index (χ3v) is 34.2. The average Bonchev–Trinajstić information content (AvgIpc) is 0.746. The van der Waals surface area contributed by atoms with Crippen LogP contribution in [0.15, 0.2) is 281 Å². The van der Waals surface area contributed by atoms with Gasteiger partial charge in [-0.25, -0.2) is 0 Å². The first-order valence-electron chi connectivity index (χ1n) is 46.6. The van der Waals surface area contributed by atoms with Crippen molar-refractivity contribution in [2.45, 2.75) is 264 Å². The molecule has 9 aromatic rings. The second-order valence-electron chi connectivity index (χ2n) is 39.1. The number of carbonyl (C=O) groups excluding carboxylic acids is 3. The van der Waals surface area contributed by atoms with Gasteiger partial charge >= 0.3 is 54.0 Å². The summed E-state index contributed by atoms with van der Waals surface area (Å²) in [6.45, 7) is 9.14. The number of benzene rings is 9. The summed E-state index contributed by atoms with van der Waals surface area (Å²) < 4.78 is 180. The van der Waals surface area contributed by atoms with Crippen molar-refractivity contribution in [3.8, 4) is 0 Å². The summed E-state index contributed by atoms with van der Waals surface area (Å²) in [5, 5.41) is 9.63. The van der Waals surface area contributed by atoms with Crippen LogP contribution in [0.2, 0.25) is 0 Å². The van der Waals surface area contributed by atoms with Gasteiger partial charge in [-0.3, -0.25) is 14.4 Å². The van der Waals surface area contributed by atoms with Gasteiger partial charge in [0.15, 0.2) is 44.1 Å². The maximum Gasteiger partial charge on any atom is 0.419 e. The molecule has 720 valence electrons. The summed E-state index contributed by atoms with van der Waals surface area (Å²) in [5.41, 5.74) is 6.36. The molecule has 0 heterocycles. The van der Waals surface area contributed by atoms with Gasteiger partial charge in [0.1, 0.15) is 25.9 Å². The van der Waals surface area contributed by atoms with Crippen LogP contribution in [0.4, 0.5) is 52.7 Å². The molecular formula is C109H125F12O10S3+3. The molecule has 10 nitrogen and oxygen atoms in total. The summed E-state index contributed by atoms with van der Waals surface area (Å²) in [4.78, 5) is 49.7. The van der Waals surface area contributed by atoms with Gasteiger partial charge in [0.2, 0.25) is 0 Å². The lowest BCUT2D eigenvalue weighted by molar-refractivity contribution is -0.346. The van der Waals surface area contributed by atoms with Crippen molar-refractivity contribution < 1.29 is 101 Å². The van der Waals surface area contributed by atoms with Crippen LogP contribution in [-0.2, 0) is 75.5 Å². The summed E-state index contributed by atoms with van der Waals surface area (Å²) in [5.74, 6) is -9.04. The van der Waals surface area contributed by atoms with Crippen molar-refractivity contribution in [3.63, 3.8) is 0 Å². The monoisotopic (exact) mass is 1920 g/mol. The van der Waals surface area contributed by atoms with E-state index in [1.54, 1.807) is 0 Å². The fourth-order valence-corrected chi connectivity index (χ4v) is 28.1. The Kier molecular flexibility index (Phi) is 33.8. The predicted molar refractivity (Wildman–Crippen MR) is 498 cm³/mol. The Morgan fingerprint density at radius 1 is 0.276 bits per heavy atom. The summed E-state index contributed by atoms with van der Waals surface area (Å²) >= 11 is 0. The first kappa shape index (κ1) is 103. The third-order valence-electron chi connectivity index (χ3n) is 27.5. The van der Waals surface area contributed by atoms with Crippen molar-refractivity contribution in [1.82, 2.24) is 0 Å². The van der Waals surface area contributed by atoms with E-state index in [0.717, 1.165) is 77.0 Å². The van der Waals surface area contributed by atoms with Crippen LogP contribution in [0.3, 0.4) is 0 Å². The number of alkyl halides is 12. The number of hydrogen-bond donors (Lipinski definition) is 1. The molecule has 12 fully saturated rings. The molecule has 9 aromatic carbocycles. The van der Waals surface area contributed by atoms with Crippen molar-refractivity contribution in [1.29, 1.82) is 0 Å². The number of halogens is 12. The Balaban J connectivity index is 0.000000137. The van der Waals surface area contributed by atoms with E-state index >= 15 is 0 Å². The molecule has 0 radical (unpaired) electrons. The number of hydrogen-bond acceptors (Lipinski definition) is 10. The van der Waals surface area contributed by atoms with Crippen molar-refractivity contribution in [3.05, 3.63) is 270 Å². The molecular weight excluding hydrogens is 1790 g/mol. The molecule has 25 heteroatoms. The number of ether oxygens (including phenoxy) is 6. The highest BCUT2D eigenvalue weighted by atomic mass is 32.2. The van der Waals surface area contributed by atoms with E-state index in [1.165, 1.54) is 116 Å². The lowest BCUT2D eigenvalue weighted by atomic mass is 9.49. The molecule has 0 aromatic heterocycles. The van der Waals surface area contributed by atoms with Gasteiger partial charge in [0, 0.05) is 20.8 Å². The van der Waals surface area contributed by atoms with E-state index in [2.05, 4.69) is 292 Å². The summed E-state index contributed by atoms with van der Waals surface area (Å²) in [7, 11) is -0.0935. The topological polar surface area (TPSA) is 127 Å². The Labute approximate surface area is 789 Å². The summed E-state index contributed by atoms with van der Waals surface area (Å²) in [6.07, 6.45) is 2.33. The van der Waals surface area contributed by atoms with Crippen molar-refractivity contribution in [2.75, 3.05) is 39.6 Å². The molecule has 0 saturated heterocycles. The highest BCUT2D eigenvalue weighted by Crippen LogP contribution is 2.63. The molecule has 21 rings (SSSR count). The molecule has 0 spiro atoms. The molecule has 1 atom stereocenters. The molecule has 1 N–H and O–H groups in total. The second-order valence-corrected chi connectivity index (χ2v) is 45.2. The van der Waals surface area contributed by atoms with Gasteiger partial charge in [-0.2, -0.15) is 52.7 Å². The molecule has 134 heavy (non-hydrogen) atoms. The molecule has 0 amide bonds. The maximum atomic E-state index is 13.0. The van der Waals surface area contributed by atoms with E-state index < -0.39 is 104 Å². The lowest BCUT2D eigenvalue weighted by Gasteiger charge is -2.55. The maximum absolute atomic E-state index is 13.0. The number of esters is 3. The molecule has 12 aliphatic carbocycles. The fraction of sp³-hybridized carbons (Fsp3) is 0.477. The Morgan fingerprint density at radius 2 is 0.455 bits per heavy atom. The molecule has 0 aliphatic heterocycles. The highest BCUT2D eigenvalue weighted by molar-refractivity contribution is 7.97. The zero-order chi connectivity index (χ0) is 96.2. The van der Waals surface area contributed by atoms with Gasteiger partial charge in [-0.1, -0.05) is 161 Å². The SMILES string of the molecule is CC(F)(F)C(F)(F)OCC(O)COC(=O)C12CC3CC(CC(C3)C1)C2.CC(F)(F)C(F)(F)OCCOC(=O)C12CC3CC(CC(C3)C1)C2.CC(F)(F)C(F)(F)OCCOC(=O)C12CC3CC(CC(C3)C1)C2.Cc1ccc([S+](c2ccc(C)cc2)c2ccc(C)cc2)cc1.Cc1ccc([S+](c2ccc(C)cc2)c2ccc(C)cc2)cc1.c1ccc([S+](c2ccccc2)c2ccccc2)cc1. The van der Waals surface area contributed by atoms with Crippen LogP contribution in [0.1, 0.15) is 170 Å². The number of carbonyl (C=O) groups is 3. The highest BCUT2D eigenvalue weighted by Gasteiger charge is 2.61. The van der Waals surface area contributed by atoms with E-state index in [1.807, 2.05) is 0 Å². The smallest absolute Gasteiger partial charge is 0.419 e. The number of aliphatic hydroxyl groups excluding tert-OH is 1. The van der Waals surface area contributed by atoms with Crippen LogP contribution in [0, 0.1) is 111 Å². The van der Waals surface area contributed by atoms with Gasteiger partial charge in [0.25, 0.3) is 0 Å². The molecule has 12 bridgehead atoms. The van der Waals surface area contributed by atoms with Crippen LogP contribution < -0.4 is 0 Å².